The molecule has 0 fully saturated rings. The van der Waals surface area contributed by atoms with Crippen LogP contribution in [0, 0.1) is 0 Å². The molecule has 0 aliphatic rings. The number of phenolic OH excluding ortho intramolecular Hbond substituents is 1. The molecular formula is C23H20N2O4S2. The predicted octanol–water partition coefficient (Wildman–Crippen LogP) is 4.06. The van der Waals surface area contributed by atoms with Gasteiger partial charge in [-0.05, 0) is 35.4 Å². The molecule has 2 aromatic heterocycles. The van der Waals surface area contributed by atoms with Crippen LogP contribution in [0.2, 0.25) is 0 Å². The first kappa shape index (κ1) is 21.2. The van der Waals surface area contributed by atoms with Gasteiger partial charge in [0.15, 0.2) is 12.4 Å². The van der Waals surface area contributed by atoms with Crippen molar-refractivity contribution in [1.29, 1.82) is 0 Å². The fraction of sp³-hybridized carbons (Fsp3) is 0.130. The van der Waals surface area contributed by atoms with Gasteiger partial charge in [-0.2, -0.15) is 0 Å². The smallest absolute Gasteiger partial charge is 0.169 e. The molecular weight excluding hydrogens is 432 g/mol. The van der Waals surface area contributed by atoms with Crippen molar-refractivity contribution in [1.82, 2.24) is 4.98 Å². The Bertz CT molecular complexity index is 1310. The van der Waals surface area contributed by atoms with Crippen molar-refractivity contribution in [2.45, 2.75) is 13.0 Å². The first-order chi connectivity index (χ1) is 14.9. The standard InChI is InChI=1S/C23H20N2O4S2/c26-21-9-8-18(16-19(21)23-24-20-4-1-2-5-22(20)30-23)7-6-17-10-13-25(14-11-17)12-3-15-31(27,28)29/h1-2,4-11,13-14,16H,3,12,15H2,(H,27,28,29). The molecule has 1 N–H and O–H groups in total. The summed E-state index contributed by atoms with van der Waals surface area (Å²) in [7, 11) is -4.17. The third-order valence-corrected chi connectivity index (χ3v) is 6.60. The lowest BCUT2D eigenvalue weighted by Gasteiger charge is -2.04. The number of para-hydroxylation sites is 1. The lowest BCUT2D eigenvalue weighted by molar-refractivity contribution is -0.696. The maximum atomic E-state index is 10.7. The number of aromatic nitrogens is 2. The van der Waals surface area contributed by atoms with Crippen molar-refractivity contribution in [2.24, 2.45) is 0 Å². The second-order valence-corrected chi connectivity index (χ2v) is 9.64. The number of hydrogen-bond donors (Lipinski definition) is 1. The third-order valence-electron chi connectivity index (χ3n) is 4.74. The topological polar surface area (TPSA) is 94.2 Å². The van der Waals surface area contributed by atoms with Crippen LogP contribution in [-0.2, 0) is 16.7 Å². The second-order valence-electron chi connectivity index (χ2n) is 7.08. The van der Waals surface area contributed by atoms with Crippen molar-refractivity contribution in [3.63, 3.8) is 0 Å². The fourth-order valence-electron chi connectivity index (χ4n) is 3.16. The minimum atomic E-state index is -4.17. The van der Waals surface area contributed by atoms with E-state index in [1.807, 2.05) is 77.6 Å². The average molecular weight is 453 g/mol. The summed E-state index contributed by atoms with van der Waals surface area (Å²) in [6.45, 7) is 0.467. The molecule has 4 aromatic rings. The van der Waals surface area contributed by atoms with Gasteiger partial charge >= 0.3 is 0 Å². The maximum Gasteiger partial charge on any atom is 0.169 e. The molecule has 6 nitrogen and oxygen atoms in total. The Morgan fingerprint density at radius 3 is 2.52 bits per heavy atom. The Labute approximate surface area is 184 Å². The molecule has 8 heteroatoms. The highest BCUT2D eigenvalue weighted by Gasteiger charge is 2.10. The number of fused-ring (bicyclic) bond motifs is 1. The molecule has 31 heavy (non-hydrogen) atoms. The van der Waals surface area contributed by atoms with Crippen molar-refractivity contribution >= 4 is 43.8 Å². The zero-order valence-electron chi connectivity index (χ0n) is 16.5. The molecule has 4 rings (SSSR count). The van der Waals surface area contributed by atoms with Gasteiger partial charge in [-0.1, -0.05) is 30.4 Å². The number of rotatable bonds is 7. The quantitative estimate of drug-likeness (QED) is 0.337. The Kier molecular flexibility index (Phi) is 6.13. The van der Waals surface area contributed by atoms with E-state index in [0.717, 1.165) is 26.4 Å². The molecule has 0 aliphatic heterocycles. The highest BCUT2D eigenvalue weighted by Crippen LogP contribution is 2.36. The van der Waals surface area contributed by atoms with Crippen LogP contribution in [0.25, 0.3) is 32.9 Å². The van der Waals surface area contributed by atoms with E-state index in [-0.39, 0.29) is 17.9 Å². The molecule has 158 valence electrons. The SMILES string of the molecule is O=S(=O)([O-])CCC[n+]1ccc(/C=C/c2ccc(O)c(-c3nc4ccccc4s3)c2)cc1. The highest BCUT2D eigenvalue weighted by atomic mass is 32.2. The molecule has 0 aliphatic carbocycles. The second kappa shape index (κ2) is 8.97. The van der Waals surface area contributed by atoms with Crippen LogP contribution in [-0.4, -0.2) is 28.8 Å². The summed E-state index contributed by atoms with van der Waals surface area (Å²) in [5.41, 5.74) is 3.52. The normalized spacial score (nSPS) is 12.0. The molecule has 0 unspecified atom stereocenters. The third kappa shape index (κ3) is 5.55. The Hall–Kier alpha value is -3.07. The molecule has 0 saturated heterocycles. The van der Waals surface area contributed by atoms with Gasteiger partial charge in [0.05, 0.1) is 25.9 Å². The number of aromatic hydroxyl groups is 1. The minimum Gasteiger partial charge on any atom is -0.748 e. The molecule has 0 bridgehead atoms. The summed E-state index contributed by atoms with van der Waals surface area (Å²) < 4.78 is 35.0. The number of pyridine rings is 1. The Morgan fingerprint density at radius 2 is 1.77 bits per heavy atom. The first-order valence-corrected chi connectivity index (χ1v) is 12.1. The number of benzene rings is 2. The molecule has 0 spiro atoms. The summed E-state index contributed by atoms with van der Waals surface area (Å²) in [6.07, 6.45) is 7.90. The van der Waals surface area contributed by atoms with Crippen molar-refractivity contribution in [3.8, 4) is 16.3 Å². The van der Waals surface area contributed by atoms with Gasteiger partial charge in [0.1, 0.15) is 17.3 Å². The van der Waals surface area contributed by atoms with Gasteiger partial charge in [-0.25, -0.2) is 18.0 Å². The molecule has 0 atom stereocenters. The summed E-state index contributed by atoms with van der Waals surface area (Å²) in [6, 6.07) is 17.1. The Morgan fingerprint density at radius 1 is 1.03 bits per heavy atom. The van der Waals surface area contributed by atoms with Crippen molar-refractivity contribution in [3.05, 3.63) is 78.1 Å². The van der Waals surface area contributed by atoms with Crippen molar-refractivity contribution in [2.75, 3.05) is 5.75 Å². The summed E-state index contributed by atoms with van der Waals surface area (Å²) in [5.74, 6) is -0.170. The lowest BCUT2D eigenvalue weighted by atomic mass is 10.1. The maximum absolute atomic E-state index is 10.7. The van der Waals surface area contributed by atoms with E-state index < -0.39 is 10.1 Å². The Balaban J connectivity index is 1.48. The number of hydrogen-bond acceptors (Lipinski definition) is 6. The minimum absolute atomic E-state index is 0.192. The van der Waals surface area contributed by atoms with Crippen LogP contribution in [0.15, 0.2) is 67.0 Å². The summed E-state index contributed by atoms with van der Waals surface area (Å²) in [5, 5.41) is 11.1. The summed E-state index contributed by atoms with van der Waals surface area (Å²) >= 11 is 1.54. The van der Waals surface area contributed by atoms with Crippen molar-refractivity contribution < 1.29 is 22.6 Å². The van der Waals surface area contributed by atoms with E-state index in [1.165, 1.54) is 0 Å². The first-order valence-electron chi connectivity index (χ1n) is 9.67. The number of phenols is 1. The molecule has 2 heterocycles. The summed E-state index contributed by atoms with van der Waals surface area (Å²) in [4.78, 5) is 4.63. The van der Waals surface area contributed by atoms with E-state index in [0.29, 0.717) is 12.1 Å². The van der Waals surface area contributed by atoms with Crippen LogP contribution >= 0.6 is 11.3 Å². The van der Waals surface area contributed by atoms with Crippen LogP contribution in [0.3, 0.4) is 0 Å². The zero-order chi connectivity index (χ0) is 21.8. The van der Waals surface area contributed by atoms with Gasteiger partial charge in [-0.15, -0.1) is 11.3 Å². The van der Waals surface area contributed by atoms with Gasteiger partial charge in [-0.3, -0.25) is 0 Å². The zero-order valence-corrected chi connectivity index (χ0v) is 18.1. The predicted molar refractivity (Wildman–Crippen MR) is 121 cm³/mol. The fourth-order valence-corrected chi connectivity index (χ4v) is 4.63. The van der Waals surface area contributed by atoms with Crippen LogP contribution in [0.1, 0.15) is 17.5 Å². The van der Waals surface area contributed by atoms with E-state index in [1.54, 1.807) is 17.4 Å². The van der Waals surface area contributed by atoms with E-state index in [2.05, 4.69) is 4.98 Å². The van der Waals surface area contributed by atoms with Gasteiger partial charge in [0, 0.05) is 24.3 Å². The molecule has 0 amide bonds. The van der Waals surface area contributed by atoms with E-state index in [9.17, 15) is 18.1 Å². The average Bonchev–Trinajstić information content (AvgIpc) is 3.17. The monoisotopic (exact) mass is 452 g/mol. The van der Waals surface area contributed by atoms with Crippen LogP contribution < -0.4 is 4.57 Å². The van der Waals surface area contributed by atoms with Crippen LogP contribution in [0.4, 0.5) is 0 Å². The van der Waals surface area contributed by atoms with Gasteiger partial charge in [0.2, 0.25) is 0 Å². The molecule has 2 aromatic carbocycles. The lowest BCUT2D eigenvalue weighted by Crippen LogP contribution is -2.33. The number of nitrogens with zero attached hydrogens (tertiary/aromatic N) is 2. The number of aryl methyl sites for hydroxylation is 1. The van der Waals surface area contributed by atoms with Gasteiger partial charge in [0.25, 0.3) is 0 Å². The molecule has 0 saturated carbocycles. The van der Waals surface area contributed by atoms with E-state index in [4.69, 9.17) is 0 Å². The number of thiazole rings is 1. The van der Waals surface area contributed by atoms with E-state index >= 15 is 0 Å². The molecule has 0 radical (unpaired) electrons. The highest BCUT2D eigenvalue weighted by molar-refractivity contribution is 7.85. The largest absolute Gasteiger partial charge is 0.748 e. The van der Waals surface area contributed by atoms with Crippen LogP contribution in [0.5, 0.6) is 5.75 Å². The van der Waals surface area contributed by atoms with Gasteiger partial charge < -0.3 is 9.66 Å².